The summed E-state index contributed by atoms with van der Waals surface area (Å²) in [6.45, 7) is 1.49. The maximum absolute atomic E-state index is 13.2. The standard InChI is InChI=1S/C19H17ClN2O3S/c20-16-11-5-4-10-15(16)17-21-18(19(25-17)22-12-6-7-13-22)26(23,24)14-8-2-1-3-9-14/h1-5,8-11H,6-7,12-13H2. The van der Waals surface area contributed by atoms with Crippen LogP contribution < -0.4 is 4.90 Å². The number of nitrogens with zero attached hydrogens (tertiary/aromatic N) is 2. The molecule has 0 N–H and O–H groups in total. The molecule has 5 nitrogen and oxygen atoms in total. The molecule has 0 amide bonds. The Balaban J connectivity index is 1.89. The largest absolute Gasteiger partial charge is 0.419 e. The number of oxazole rings is 1. The number of hydrogen-bond donors (Lipinski definition) is 0. The molecule has 134 valence electrons. The molecule has 0 aliphatic carbocycles. The summed E-state index contributed by atoms with van der Waals surface area (Å²) in [7, 11) is -3.80. The van der Waals surface area contributed by atoms with E-state index in [2.05, 4.69) is 4.98 Å². The SMILES string of the molecule is O=S(=O)(c1ccccc1)c1nc(-c2ccccc2Cl)oc1N1CCCC1. The third-order valence-corrected chi connectivity index (χ3v) is 6.38. The Morgan fingerprint density at radius 2 is 1.62 bits per heavy atom. The van der Waals surface area contributed by atoms with Crippen LogP contribution in [0.1, 0.15) is 12.8 Å². The van der Waals surface area contributed by atoms with Crippen molar-refractivity contribution in [2.75, 3.05) is 18.0 Å². The number of anilines is 1. The number of rotatable bonds is 4. The zero-order chi connectivity index (χ0) is 18.1. The first kappa shape index (κ1) is 17.1. The summed E-state index contributed by atoms with van der Waals surface area (Å²) in [6.07, 6.45) is 1.99. The van der Waals surface area contributed by atoms with Crippen LogP contribution >= 0.6 is 11.6 Å². The molecule has 0 saturated carbocycles. The molecule has 0 unspecified atom stereocenters. The van der Waals surface area contributed by atoms with Crippen molar-refractivity contribution in [3.05, 3.63) is 59.6 Å². The van der Waals surface area contributed by atoms with Crippen molar-refractivity contribution in [3.63, 3.8) is 0 Å². The molecule has 1 fully saturated rings. The second-order valence-corrected chi connectivity index (χ2v) is 8.39. The van der Waals surface area contributed by atoms with E-state index in [4.69, 9.17) is 16.0 Å². The molecular formula is C19H17ClN2O3S. The van der Waals surface area contributed by atoms with E-state index in [1.807, 2.05) is 11.0 Å². The molecule has 2 aromatic carbocycles. The highest BCUT2D eigenvalue weighted by Gasteiger charge is 2.32. The first-order chi connectivity index (χ1) is 12.6. The van der Waals surface area contributed by atoms with Gasteiger partial charge in [0.2, 0.25) is 26.6 Å². The van der Waals surface area contributed by atoms with Gasteiger partial charge in [-0.2, -0.15) is 4.98 Å². The van der Waals surface area contributed by atoms with Gasteiger partial charge in [0.05, 0.1) is 15.5 Å². The fourth-order valence-electron chi connectivity index (χ4n) is 3.05. The Morgan fingerprint density at radius 3 is 2.31 bits per heavy atom. The second kappa shape index (κ2) is 6.78. The van der Waals surface area contributed by atoms with Gasteiger partial charge in [-0.1, -0.05) is 41.9 Å². The van der Waals surface area contributed by atoms with Crippen LogP contribution in [-0.2, 0) is 9.84 Å². The summed E-state index contributed by atoms with van der Waals surface area (Å²) >= 11 is 6.25. The summed E-state index contributed by atoms with van der Waals surface area (Å²) < 4.78 is 32.2. The molecule has 0 radical (unpaired) electrons. The zero-order valence-electron chi connectivity index (χ0n) is 13.9. The van der Waals surface area contributed by atoms with Gasteiger partial charge in [-0.15, -0.1) is 0 Å². The summed E-state index contributed by atoms with van der Waals surface area (Å²) in [5, 5.41) is 0.408. The number of aromatic nitrogens is 1. The Bertz CT molecular complexity index is 1030. The molecule has 4 rings (SSSR count). The fraction of sp³-hybridized carbons (Fsp3) is 0.211. The first-order valence-electron chi connectivity index (χ1n) is 8.38. The van der Waals surface area contributed by atoms with Crippen molar-refractivity contribution in [1.29, 1.82) is 0 Å². The Labute approximate surface area is 157 Å². The predicted molar refractivity (Wildman–Crippen MR) is 100 cm³/mol. The average molecular weight is 389 g/mol. The maximum atomic E-state index is 13.2. The molecule has 0 atom stereocenters. The Morgan fingerprint density at radius 1 is 0.962 bits per heavy atom. The van der Waals surface area contributed by atoms with Gasteiger partial charge in [0.1, 0.15) is 0 Å². The second-order valence-electron chi connectivity index (χ2n) is 6.12. The maximum Gasteiger partial charge on any atom is 0.236 e. The summed E-state index contributed by atoms with van der Waals surface area (Å²) in [5.41, 5.74) is 0.573. The normalized spacial score (nSPS) is 14.7. The zero-order valence-corrected chi connectivity index (χ0v) is 15.5. The van der Waals surface area contributed by atoms with Crippen molar-refractivity contribution in [2.24, 2.45) is 0 Å². The van der Waals surface area contributed by atoms with E-state index in [-0.39, 0.29) is 15.8 Å². The van der Waals surface area contributed by atoms with Gasteiger partial charge in [0.15, 0.2) is 0 Å². The monoisotopic (exact) mass is 388 g/mol. The van der Waals surface area contributed by atoms with E-state index in [0.717, 1.165) is 25.9 Å². The number of benzene rings is 2. The molecule has 0 spiro atoms. The molecule has 7 heteroatoms. The van der Waals surface area contributed by atoms with E-state index >= 15 is 0 Å². The van der Waals surface area contributed by atoms with Crippen LogP contribution in [0.25, 0.3) is 11.5 Å². The van der Waals surface area contributed by atoms with Crippen LogP contribution in [0.2, 0.25) is 5.02 Å². The quantitative estimate of drug-likeness (QED) is 0.661. The van der Waals surface area contributed by atoms with E-state index in [1.54, 1.807) is 48.5 Å². The van der Waals surface area contributed by atoms with Crippen LogP contribution in [0.4, 0.5) is 5.88 Å². The lowest BCUT2D eigenvalue weighted by molar-refractivity contribution is 0.556. The van der Waals surface area contributed by atoms with Crippen LogP contribution in [0, 0.1) is 0 Å². The smallest absolute Gasteiger partial charge is 0.236 e. The average Bonchev–Trinajstić information content (AvgIpc) is 3.32. The molecule has 3 aromatic rings. The molecule has 2 heterocycles. The lowest BCUT2D eigenvalue weighted by Gasteiger charge is -2.14. The van der Waals surface area contributed by atoms with Gasteiger partial charge in [-0.25, -0.2) is 8.42 Å². The number of hydrogen-bond acceptors (Lipinski definition) is 5. The lowest BCUT2D eigenvalue weighted by atomic mass is 10.2. The van der Waals surface area contributed by atoms with Gasteiger partial charge in [-0.05, 0) is 37.1 Å². The summed E-state index contributed by atoms with van der Waals surface area (Å²) in [4.78, 5) is 6.48. The Hall–Kier alpha value is -2.31. The van der Waals surface area contributed by atoms with E-state index in [1.165, 1.54) is 0 Å². The third-order valence-electron chi connectivity index (χ3n) is 4.38. The number of sulfone groups is 1. The van der Waals surface area contributed by atoms with E-state index in [0.29, 0.717) is 16.5 Å². The molecule has 1 aliphatic heterocycles. The molecule has 26 heavy (non-hydrogen) atoms. The first-order valence-corrected chi connectivity index (χ1v) is 10.2. The minimum atomic E-state index is -3.80. The van der Waals surface area contributed by atoms with Crippen LogP contribution in [-0.4, -0.2) is 26.5 Å². The summed E-state index contributed by atoms with van der Waals surface area (Å²) in [5.74, 6) is 0.508. The van der Waals surface area contributed by atoms with Crippen molar-refractivity contribution in [3.8, 4) is 11.5 Å². The van der Waals surface area contributed by atoms with Crippen molar-refractivity contribution in [1.82, 2.24) is 4.98 Å². The van der Waals surface area contributed by atoms with Crippen molar-refractivity contribution >= 4 is 27.3 Å². The molecule has 1 aromatic heterocycles. The minimum Gasteiger partial charge on any atom is -0.419 e. The Kier molecular flexibility index (Phi) is 4.46. The summed E-state index contributed by atoms with van der Waals surface area (Å²) in [6, 6.07) is 15.4. The lowest BCUT2D eigenvalue weighted by Crippen LogP contribution is -2.19. The molecule has 1 aliphatic rings. The highest BCUT2D eigenvalue weighted by atomic mass is 35.5. The molecule has 1 saturated heterocycles. The van der Waals surface area contributed by atoms with Crippen LogP contribution in [0.3, 0.4) is 0 Å². The highest BCUT2D eigenvalue weighted by Crippen LogP contribution is 2.37. The fourth-order valence-corrected chi connectivity index (χ4v) is 4.61. The van der Waals surface area contributed by atoms with Crippen LogP contribution in [0.5, 0.6) is 0 Å². The van der Waals surface area contributed by atoms with Gasteiger partial charge in [-0.3, -0.25) is 0 Å². The van der Waals surface area contributed by atoms with Gasteiger partial charge in [0.25, 0.3) is 0 Å². The van der Waals surface area contributed by atoms with Gasteiger partial charge < -0.3 is 9.32 Å². The minimum absolute atomic E-state index is 0.0551. The van der Waals surface area contributed by atoms with Crippen LogP contribution in [0.15, 0.2) is 68.9 Å². The van der Waals surface area contributed by atoms with Gasteiger partial charge >= 0.3 is 0 Å². The van der Waals surface area contributed by atoms with Crippen molar-refractivity contribution < 1.29 is 12.8 Å². The highest BCUT2D eigenvalue weighted by molar-refractivity contribution is 7.91. The van der Waals surface area contributed by atoms with E-state index in [9.17, 15) is 8.42 Å². The van der Waals surface area contributed by atoms with Crippen molar-refractivity contribution in [2.45, 2.75) is 22.8 Å². The van der Waals surface area contributed by atoms with Gasteiger partial charge in [0, 0.05) is 13.1 Å². The molecular weight excluding hydrogens is 372 g/mol. The van der Waals surface area contributed by atoms with E-state index < -0.39 is 9.84 Å². The predicted octanol–water partition coefficient (Wildman–Crippen LogP) is 4.43. The molecule has 0 bridgehead atoms. The topological polar surface area (TPSA) is 63.4 Å². The third kappa shape index (κ3) is 2.99. The number of halogens is 1.